The van der Waals surface area contributed by atoms with Crippen LogP contribution in [0.4, 0.5) is 0 Å². The number of nitrogens with zero attached hydrogens (tertiary/aromatic N) is 11. The molecule has 16 aromatic rings. The summed E-state index contributed by atoms with van der Waals surface area (Å²) in [5.41, 5.74) is 16.8. The van der Waals surface area contributed by atoms with E-state index in [2.05, 4.69) is 168 Å². The predicted molar refractivity (Wildman–Crippen MR) is 300 cm³/mol. The summed E-state index contributed by atoms with van der Waals surface area (Å²) in [5, 5.41) is 16.7. The molecule has 9 aromatic heterocycles. The molecule has 348 valence electrons. The van der Waals surface area contributed by atoms with Crippen molar-refractivity contribution in [3.8, 4) is 45.9 Å². The van der Waals surface area contributed by atoms with Crippen molar-refractivity contribution in [2.24, 2.45) is 0 Å². The van der Waals surface area contributed by atoms with Crippen LogP contribution in [0.1, 0.15) is 5.56 Å². The number of hydrogen-bond acceptors (Lipinski definition) is 6. The van der Waals surface area contributed by atoms with Crippen LogP contribution in [0.5, 0.6) is 0 Å². The molecule has 0 unspecified atom stereocenters. The van der Waals surface area contributed by atoms with E-state index < -0.39 is 0 Å². The summed E-state index contributed by atoms with van der Waals surface area (Å²) >= 11 is 0. The highest BCUT2D eigenvalue weighted by Crippen LogP contribution is 2.51. The van der Waals surface area contributed by atoms with E-state index in [1.807, 2.05) is 85.5 Å². The molecule has 0 bridgehead atoms. The van der Waals surface area contributed by atoms with Gasteiger partial charge in [-0.3, -0.25) is 24.5 Å². The lowest BCUT2D eigenvalue weighted by Crippen LogP contribution is -2.17. The first kappa shape index (κ1) is 41.0. The molecule has 0 N–H and O–H groups in total. The Morgan fingerprint density at radius 2 is 0.653 bits per heavy atom. The van der Waals surface area contributed by atoms with Crippen LogP contribution >= 0.6 is 0 Å². The van der Waals surface area contributed by atoms with Crippen LogP contribution in [0.25, 0.3) is 139 Å². The molecular formula is C64H37N11. The zero-order valence-electron chi connectivity index (χ0n) is 39.8. The van der Waals surface area contributed by atoms with Gasteiger partial charge in [-0.2, -0.15) is 5.26 Å². The summed E-state index contributed by atoms with van der Waals surface area (Å²) in [6, 6.07) is 71.7. The van der Waals surface area contributed by atoms with Gasteiger partial charge in [-0.1, -0.05) is 103 Å². The van der Waals surface area contributed by atoms with E-state index >= 15 is 0 Å². The van der Waals surface area contributed by atoms with Crippen molar-refractivity contribution in [1.29, 1.82) is 5.26 Å². The Balaban J connectivity index is 1.30. The third-order valence-electron chi connectivity index (χ3n) is 14.9. The molecule has 75 heavy (non-hydrogen) atoms. The summed E-state index contributed by atoms with van der Waals surface area (Å²) in [6.07, 6.45) is 7.41. The average molecular weight is 960 g/mol. The van der Waals surface area contributed by atoms with Gasteiger partial charge in [0.05, 0.1) is 111 Å². The van der Waals surface area contributed by atoms with Crippen LogP contribution in [-0.4, -0.2) is 47.8 Å². The number of imidazole rings is 1. The van der Waals surface area contributed by atoms with Gasteiger partial charge in [0.2, 0.25) is 0 Å². The van der Waals surface area contributed by atoms with Gasteiger partial charge in [0.15, 0.2) is 0 Å². The Kier molecular flexibility index (Phi) is 8.55. The molecule has 0 saturated carbocycles. The first-order valence-corrected chi connectivity index (χ1v) is 24.8. The molecular weight excluding hydrogens is 923 g/mol. The fourth-order valence-corrected chi connectivity index (χ4v) is 12.0. The number of rotatable bonds is 6. The molecule has 0 aliphatic rings. The van der Waals surface area contributed by atoms with E-state index in [-0.39, 0.29) is 0 Å². The monoisotopic (exact) mass is 959 g/mol. The van der Waals surface area contributed by atoms with Crippen molar-refractivity contribution in [1.82, 2.24) is 47.8 Å². The fraction of sp³-hybridized carbons (Fsp3) is 0. The SMILES string of the molecule is N#Cc1c(-c2nc3ccccc3n2-c2ccccc2)c(-n2c3ccccc3c3ncccc32)c(-n2c3ccccc3c3ncccc32)c(-n2c3ccccc3c3ncccc32)c1-n1c2ccccc2c2ncccc21. The van der Waals surface area contributed by atoms with Crippen molar-refractivity contribution < 1.29 is 0 Å². The van der Waals surface area contributed by atoms with Crippen molar-refractivity contribution in [2.45, 2.75) is 0 Å². The lowest BCUT2D eigenvalue weighted by atomic mass is 9.96. The topological polar surface area (TPSA) is 113 Å². The van der Waals surface area contributed by atoms with E-state index in [4.69, 9.17) is 24.9 Å². The number of hydrogen-bond donors (Lipinski definition) is 0. The molecule has 0 saturated heterocycles. The summed E-state index contributed by atoms with van der Waals surface area (Å²) in [5.74, 6) is 0.583. The van der Waals surface area contributed by atoms with E-state index in [1.54, 1.807) is 0 Å². The van der Waals surface area contributed by atoms with Gasteiger partial charge in [0.1, 0.15) is 11.9 Å². The smallest absolute Gasteiger partial charge is 0.149 e. The van der Waals surface area contributed by atoms with E-state index in [9.17, 15) is 5.26 Å². The molecule has 11 nitrogen and oxygen atoms in total. The lowest BCUT2D eigenvalue weighted by molar-refractivity contribution is 1.01. The third-order valence-corrected chi connectivity index (χ3v) is 14.9. The normalized spacial score (nSPS) is 12.0. The zero-order valence-corrected chi connectivity index (χ0v) is 39.8. The second kappa shape index (κ2) is 15.6. The van der Waals surface area contributed by atoms with Gasteiger partial charge in [-0.25, -0.2) is 4.98 Å². The van der Waals surface area contributed by atoms with Gasteiger partial charge >= 0.3 is 0 Å². The highest BCUT2D eigenvalue weighted by atomic mass is 15.2. The molecule has 0 radical (unpaired) electrons. The minimum Gasteiger partial charge on any atom is -0.305 e. The number of aromatic nitrogens is 10. The first-order valence-electron chi connectivity index (χ1n) is 24.8. The Morgan fingerprint density at radius 1 is 0.307 bits per heavy atom. The van der Waals surface area contributed by atoms with E-state index in [0.29, 0.717) is 22.6 Å². The Morgan fingerprint density at radius 3 is 1.09 bits per heavy atom. The number of fused-ring (bicyclic) bond motifs is 13. The van der Waals surface area contributed by atoms with E-state index in [1.165, 1.54) is 0 Å². The highest BCUT2D eigenvalue weighted by molar-refractivity contribution is 6.15. The molecule has 7 aromatic carbocycles. The Bertz CT molecular complexity index is 4890. The molecule has 16 rings (SSSR count). The van der Waals surface area contributed by atoms with Crippen molar-refractivity contribution >= 4 is 98.8 Å². The maximum absolute atomic E-state index is 12.8. The minimum atomic E-state index is 0.395. The number of nitriles is 1. The van der Waals surface area contributed by atoms with Gasteiger partial charge in [-0.05, 0) is 97.1 Å². The van der Waals surface area contributed by atoms with Crippen LogP contribution in [0, 0.1) is 11.3 Å². The third kappa shape index (κ3) is 5.59. The number of pyridine rings is 4. The summed E-state index contributed by atoms with van der Waals surface area (Å²) in [6.45, 7) is 0. The molecule has 0 fully saturated rings. The van der Waals surface area contributed by atoms with Crippen molar-refractivity contribution in [3.63, 3.8) is 0 Å². The molecule has 0 atom stereocenters. The minimum absolute atomic E-state index is 0.395. The molecule has 11 heteroatoms. The van der Waals surface area contributed by atoms with Crippen LogP contribution in [-0.2, 0) is 0 Å². The van der Waals surface area contributed by atoms with Crippen LogP contribution in [0.3, 0.4) is 0 Å². The Hall–Kier alpha value is -10.7. The van der Waals surface area contributed by atoms with Gasteiger partial charge in [0, 0.05) is 52.0 Å². The molecule has 0 spiro atoms. The highest BCUT2D eigenvalue weighted by Gasteiger charge is 2.37. The van der Waals surface area contributed by atoms with Gasteiger partial charge in [-0.15, -0.1) is 0 Å². The lowest BCUT2D eigenvalue weighted by Gasteiger charge is -2.29. The standard InChI is InChI=1S/C64H37N11/c65-38-44-55(64-70-45-24-8-13-29-50(45)71(64)39-18-2-1-3-19-39)61(73-47-26-10-5-21-41(47)57-52(73)31-15-35-67-57)63(75-49-28-12-7-23-43(49)59-54(75)33-17-37-69-59)62(74-48-27-11-6-22-42(48)58-53(74)32-16-36-68-58)60(44)72-46-25-9-4-20-40(46)56-51(72)30-14-34-66-56/h1-37H. The van der Waals surface area contributed by atoms with Crippen molar-refractivity contribution in [2.75, 3.05) is 0 Å². The number of para-hydroxylation sites is 7. The van der Waals surface area contributed by atoms with Crippen LogP contribution < -0.4 is 0 Å². The molecule has 0 aliphatic carbocycles. The second-order valence-corrected chi connectivity index (χ2v) is 18.7. The maximum Gasteiger partial charge on any atom is 0.149 e. The quantitative estimate of drug-likeness (QED) is 0.164. The molecule has 0 amide bonds. The Labute approximate surface area is 426 Å². The summed E-state index contributed by atoms with van der Waals surface area (Å²) in [4.78, 5) is 26.2. The second-order valence-electron chi connectivity index (χ2n) is 18.7. The fourth-order valence-electron chi connectivity index (χ4n) is 12.0. The van der Waals surface area contributed by atoms with Crippen LogP contribution in [0.15, 0.2) is 225 Å². The van der Waals surface area contributed by atoms with Gasteiger partial charge in [0.25, 0.3) is 0 Å². The summed E-state index contributed by atoms with van der Waals surface area (Å²) < 4.78 is 11.5. The summed E-state index contributed by atoms with van der Waals surface area (Å²) in [7, 11) is 0. The maximum atomic E-state index is 12.8. The van der Waals surface area contributed by atoms with Gasteiger partial charge < -0.3 is 18.3 Å². The van der Waals surface area contributed by atoms with Crippen molar-refractivity contribution in [3.05, 3.63) is 231 Å². The first-order chi connectivity index (χ1) is 37.3. The van der Waals surface area contributed by atoms with E-state index in [0.717, 1.165) is 122 Å². The molecule has 0 aliphatic heterocycles. The zero-order chi connectivity index (χ0) is 49.3. The van der Waals surface area contributed by atoms with Crippen LogP contribution in [0.2, 0.25) is 0 Å². The molecule has 9 heterocycles. The number of benzene rings is 7. The predicted octanol–water partition coefficient (Wildman–Crippen LogP) is 14.5. The largest absolute Gasteiger partial charge is 0.305 e. The average Bonchev–Trinajstić information content (AvgIpc) is 4.29.